The monoisotopic (exact) mass is 352 g/mol. The van der Waals surface area contributed by atoms with Crippen LogP contribution >= 0.6 is 0 Å². The summed E-state index contributed by atoms with van der Waals surface area (Å²) in [4.78, 5) is 12.5. The first kappa shape index (κ1) is 17.5. The average Bonchev–Trinajstić information content (AvgIpc) is 3.01. The van der Waals surface area contributed by atoms with Crippen LogP contribution in [-0.2, 0) is 6.61 Å². The molecule has 0 atom stereocenters. The number of methoxy groups -OCH3 is 1. The minimum atomic E-state index is -0.352. The van der Waals surface area contributed by atoms with Crippen LogP contribution in [-0.4, -0.2) is 18.2 Å². The minimum absolute atomic E-state index is 0.199. The van der Waals surface area contributed by atoms with Crippen LogP contribution in [0, 0.1) is 13.8 Å². The highest BCUT2D eigenvalue weighted by atomic mass is 16.5. The molecule has 1 amide bonds. The second-order valence-corrected chi connectivity index (χ2v) is 5.85. The van der Waals surface area contributed by atoms with Gasteiger partial charge in [-0.05, 0) is 55.8 Å². The molecule has 0 saturated carbocycles. The van der Waals surface area contributed by atoms with Crippen LogP contribution < -0.4 is 14.8 Å². The molecule has 0 aliphatic heterocycles. The Kier molecular flexibility index (Phi) is 5.22. The lowest BCUT2D eigenvalue weighted by Crippen LogP contribution is -2.15. The molecule has 26 heavy (non-hydrogen) atoms. The molecule has 0 saturated heterocycles. The number of benzene rings is 2. The Labute approximate surface area is 151 Å². The summed E-state index contributed by atoms with van der Waals surface area (Å²) in [7, 11) is 1.59. The number of anilines is 1. The number of ether oxygens (including phenoxy) is 2. The van der Waals surface area contributed by atoms with Crippen molar-refractivity contribution in [2.24, 2.45) is 0 Å². The molecule has 2 aromatic carbocycles. The molecule has 6 nitrogen and oxygen atoms in total. The maximum atomic E-state index is 12.5. The lowest BCUT2D eigenvalue weighted by atomic mass is 10.2. The fraction of sp³-hybridized carbons (Fsp3) is 0.200. The van der Waals surface area contributed by atoms with Gasteiger partial charge < -0.3 is 19.3 Å². The summed E-state index contributed by atoms with van der Waals surface area (Å²) < 4.78 is 16.1. The normalized spacial score (nSPS) is 10.4. The van der Waals surface area contributed by atoms with Gasteiger partial charge in [-0.2, -0.15) is 0 Å². The Hall–Kier alpha value is -3.28. The zero-order chi connectivity index (χ0) is 18.5. The first-order valence-corrected chi connectivity index (χ1v) is 8.17. The van der Waals surface area contributed by atoms with Gasteiger partial charge in [0, 0.05) is 5.69 Å². The first-order chi connectivity index (χ1) is 12.6. The SMILES string of the molecule is COc1ccc(NC(=O)c2noc(C)c2COc2cccc(C)c2)cc1. The van der Waals surface area contributed by atoms with Gasteiger partial charge in [-0.3, -0.25) is 4.79 Å². The predicted octanol–water partition coefficient (Wildman–Crippen LogP) is 4.13. The molecule has 0 unspecified atom stereocenters. The van der Waals surface area contributed by atoms with Gasteiger partial charge in [-0.25, -0.2) is 0 Å². The molecular weight excluding hydrogens is 332 g/mol. The number of aryl methyl sites for hydroxylation is 2. The standard InChI is InChI=1S/C20H20N2O4/c1-13-5-4-6-17(11-13)25-12-18-14(2)26-22-19(18)20(23)21-15-7-9-16(24-3)10-8-15/h4-11H,12H2,1-3H3,(H,21,23). The summed E-state index contributed by atoms with van der Waals surface area (Å²) in [6.45, 7) is 3.95. The van der Waals surface area contributed by atoms with Crippen molar-refractivity contribution in [3.8, 4) is 11.5 Å². The second-order valence-electron chi connectivity index (χ2n) is 5.85. The largest absolute Gasteiger partial charge is 0.497 e. The number of hydrogen-bond donors (Lipinski definition) is 1. The summed E-state index contributed by atoms with van der Waals surface area (Å²) in [5, 5.41) is 6.68. The number of amides is 1. The van der Waals surface area contributed by atoms with Crippen LogP contribution in [0.3, 0.4) is 0 Å². The van der Waals surface area contributed by atoms with Gasteiger partial charge in [0.2, 0.25) is 0 Å². The van der Waals surface area contributed by atoms with Crippen LogP contribution in [0.25, 0.3) is 0 Å². The molecule has 3 rings (SSSR count). The molecular formula is C20H20N2O4. The molecule has 1 heterocycles. The first-order valence-electron chi connectivity index (χ1n) is 8.17. The molecule has 0 radical (unpaired) electrons. The van der Waals surface area contributed by atoms with Crippen LogP contribution in [0.5, 0.6) is 11.5 Å². The molecule has 0 aliphatic carbocycles. The maximum Gasteiger partial charge on any atom is 0.278 e. The van der Waals surface area contributed by atoms with E-state index in [1.54, 1.807) is 38.3 Å². The van der Waals surface area contributed by atoms with Crippen molar-refractivity contribution in [1.29, 1.82) is 0 Å². The van der Waals surface area contributed by atoms with Gasteiger partial charge in [0.15, 0.2) is 5.69 Å². The van der Waals surface area contributed by atoms with Crippen LogP contribution in [0.1, 0.15) is 27.4 Å². The number of nitrogens with zero attached hydrogens (tertiary/aromatic N) is 1. The number of carbonyl (C=O) groups excluding carboxylic acids is 1. The highest BCUT2D eigenvalue weighted by Gasteiger charge is 2.20. The highest BCUT2D eigenvalue weighted by molar-refractivity contribution is 6.03. The summed E-state index contributed by atoms with van der Waals surface area (Å²) >= 11 is 0. The van der Waals surface area contributed by atoms with E-state index in [0.717, 1.165) is 11.3 Å². The lowest BCUT2D eigenvalue weighted by molar-refractivity contribution is 0.101. The van der Waals surface area contributed by atoms with Gasteiger partial charge >= 0.3 is 0 Å². The second kappa shape index (κ2) is 7.74. The van der Waals surface area contributed by atoms with Crippen molar-refractivity contribution >= 4 is 11.6 Å². The van der Waals surface area contributed by atoms with E-state index in [1.807, 2.05) is 31.2 Å². The van der Waals surface area contributed by atoms with Crippen molar-refractivity contribution in [3.05, 3.63) is 71.1 Å². The summed E-state index contributed by atoms with van der Waals surface area (Å²) in [5.41, 5.74) is 2.58. The van der Waals surface area contributed by atoms with Gasteiger partial charge in [-0.15, -0.1) is 0 Å². The molecule has 1 aromatic heterocycles. The number of carbonyl (C=O) groups is 1. The van der Waals surface area contributed by atoms with Gasteiger partial charge in [-0.1, -0.05) is 17.3 Å². The van der Waals surface area contributed by atoms with Gasteiger partial charge in [0.1, 0.15) is 23.9 Å². The van der Waals surface area contributed by atoms with Crippen molar-refractivity contribution in [3.63, 3.8) is 0 Å². The van der Waals surface area contributed by atoms with E-state index in [0.29, 0.717) is 22.8 Å². The molecule has 0 bridgehead atoms. The van der Waals surface area contributed by atoms with E-state index in [4.69, 9.17) is 14.0 Å². The van der Waals surface area contributed by atoms with E-state index in [9.17, 15) is 4.79 Å². The Morgan fingerprint density at radius 3 is 2.58 bits per heavy atom. The zero-order valence-corrected chi connectivity index (χ0v) is 14.9. The molecule has 0 aliphatic rings. The van der Waals surface area contributed by atoms with E-state index in [-0.39, 0.29) is 18.2 Å². The third-order valence-electron chi connectivity index (χ3n) is 3.92. The fourth-order valence-electron chi connectivity index (χ4n) is 2.46. The third-order valence-corrected chi connectivity index (χ3v) is 3.92. The third kappa shape index (κ3) is 4.03. The molecule has 134 valence electrons. The Bertz CT molecular complexity index is 900. The van der Waals surface area contributed by atoms with E-state index in [1.165, 1.54) is 0 Å². The molecule has 1 N–H and O–H groups in total. The number of aromatic nitrogens is 1. The highest BCUT2D eigenvalue weighted by Crippen LogP contribution is 2.21. The topological polar surface area (TPSA) is 73.6 Å². The number of hydrogen-bond acceptors (Lipinski definition) is 5. The molecule has 0 spiro atoms. The molecule has 3 aromatic rings. The Morgan fingerprint density at radius 2 is 1.88 bits per heavy atom. The maximum absolute atomic E-state index is 12.5. The molecule has 6 heteroatoms. The molecule has 0 fully saturated rings. The van der Waals surface area contributed by atoms with Crippen molar-refractivity contribution in [2.45, 2.75) is 20.5 Å². The number of rotatable bonds is 6. The van der Waals surface area contributed by atoms with Crippen LogP contribution in [0.4, 0.5) is 5.69 Å². The summed E-state index contributed by atoms with van der Waals surface area (Å²) in [5.74, 6) is 1.65. The quantitative estimate of drug-likeness (QED) is 0.722. The van der Waals surface area contributed by atoms with E-state index >= 15 is 0 Å². The van der Waals surface area contributed by atoms with Gasteiger partial charge in [0.25, 0.3) is 5.91 Å². The van der Waals surface area contributed by atoms with Gasteiger partial charge in [0.05, 0.1) is 12.7 Å². The van der Waals surface area contributed by atoms with Crippen LogP contribution in [0.2, 0.25) is 0 Å². The van der Waals surface area contributed by atoms with E-state index in [2.05, 4.69) is 10.5 Å². The lowest BCUT2D eigenvalue weighted by Gasteiger charge is -2.08. The zero-order valence-electron chi connectivity index (χ0n) is 14.9. The Morgan fingerprint density at radius 1 is 1.12 bits per heavy atom. The Balaban J connectivity index is 1.72. The predicted molar refractivity (Wildman–Crippen MR) is 97.7 cm³/mol. The van der Waals surface area contributed by atoms with Crippen molar-refractivity contribution < 1.29 is 18.8 Å². The minimum Gasteiger partial charge on any atom is -0.497 e. The van der Waals surface area contributed by atoms with Crippen molar-refractivity contribution in [1.82, 2.24) is 5.16 Å². The van der Waals surface area contributed by atoms with Crippen LogP contribution in [0.15, 0.2) is 53.1 Å². The average molecular weight is 352 g/mol. The smallest absolute Gasteiger partial charge is 0.278 e. The summed E-state index contributed by atoms with van der Waals surface area (Å²) in [6, 6.07) is 14.8. The van der Waals surface area contributed by atoms with Crippen molar-refractivity contribution in [2.75, 3.05) is 12.4 Å². The fourth-order valence-corrected chi connectivity index (χ4v) is 2.46. The number of nitrogens with one attached hydrogen (secondary N) is 1. The summed E-state index contributed by atoms with van der Waals surface area (Å²) in [6.07, 6.45) is 0. The van der Waals surface area contributed by atoms with E-state index < -0.39 is 0 Å².